The van der Waals surface area contributed by atoms with Crippen LogP contribution in [-0.2, 0) is 18.3 Å². The lowest BCUT2D eigenvalue weighted by atomic mass is 9.91. The molecule has 190 valence electrons. The first-order valence-electron chi connectivity index (χ1n) is 12.8. The maximum absolute atomic E-state index is 15.9. The van der Waals surface area contributed by atoms with Gasteiger partial charge in [0.15, 0.2) is 17.1 Å². The molecule has 1 saturated heterocycles. The highest BCUT2D eigenvalue weighted by Gasteiger charge is 2.41. The van der Waals surface area contributed by atoms with Gasteiger partial charge in [0.05, 0.1) is 22.5 Å². The second kappa shape index (κ2) is 8.33. The van der Waals surface area contributed by atoms with Gasteiger partial charge in [0.25, 0.3) is 0 Å². The number of fused-ring (bicyclic) bond motifs is 1. The quantitative estimate of drug-likeness (QED) is 0.405. The first kappa shape index (κ1) is 23.5. The molecule has 0 spiro atoms. The summed E-state index contributed by atoms with van der Waals surface area (Å²) in [5, 5.41) is 23.6. The van der Waals surface area contributed by atoms with E-state index < -0.39 is 5.67 Å². The van der Waals surface area contributed by atoms with Crippen LogP contribution in [0.5, 0.6) is 0 Å². The zero-order chi connectivity index (χ0) is 25.9. The number of rotatable bonds is 4. The fourth-order valence-electron chi connectivity index (χ4n) is 5.14. The third-order valence-electron chi connectivity index (χ3n) is 7.43. The van der Waals surface area contributed by atoms with Gasteiger partial charge in [-0.05, 0) is 45.7 Å². The molecule has 0 aromatic carbocycles. The fraction of sp³-hybridized carbons (Fsp3) is 0.481. The minimum absolute atomic E-state index is 0.167. The maximum Gasteiger partial charge on any atom is 0.181 e. The van der Waals surface area contributed by atoms with Gasteiger partial charge in [-0.3, -0.25) is 9.67 Å². The number of hydrogen-bond acceptors (Lipinski definition) is 7. The number of nitriles is 1. The van der Waals surface area contributed by atoms with Crippen molar-refractivity contribution in [3.8, 4) is 17.3 Å². The van der Waals surface area contributed by atoms with Crippen molar-refractivity contribution in [1.82, 2.24) is 34.5 Å². The highest BCUT2D eigenvalue weighted by atomic mass is 19.1. The van der Waals surface area contributed by atoms with E-state index >= 15 is 4.39 Å². The van der Waals surface area contributed by atoms with Crippen LogP contribution in [0.25, 0.3) is 22.3 Å². The summed E-state index contributed by atoms with van der Waals surface area (Å²) in [6, 6.07) is 6.37. The lowest BCUT2D eigenvalue weighted by Gasteiger charge is -2.38. The van der Waals surface area contributed by atoms with Crippen molar-refractivity contribution < 1.29 is 4.39 Å². The predicted molar refractivity (Wildman–Crippen MR) is 138 cm³/mol. The Bertz CT molecular complexity index is 1530. The molecule has 4 aromatic rings. The van der Waals surface area contributed by atoms with E-state index in [0.29, 0.717) is 36.0 Å². The van der Waals surface area contributed by atoms with E-state index in [2.05, 4.69) is 52.0 Å². The lowest BCUT2D eigenvalue weighted by molar-refractivity contribution is 0.109. The van der Waals surface area contributed by atoms with Crippen LogP contribution in [0, 0.1) is 11.3 Å². The van der Waals surface area contributed by atoms with Gasteiger partial charge in [0.2, 0.25) is 0 Å². The van der Waals surface area contributed by atoms with Crippen molar-refractivity contribution in [2.45, 2.75) is 63.6 Å². The van der Waals surface area contributed by atoms with Crippen molar-refractivity contribution in [3.05, 3.63) is 47.9 Å². The van der Waals surface area contributed by atoms with E-state index in [0.717, 1.165) is 40.9 Å². The highest BCUT2D eigenvalue weighted by Crippen LogP contribution is 2.45. The summed E-state index contributed by atoms with van der Waals surface area (Å²) in [6.45, 7) is 7.17. The number of hydrogen-bond donors (Lipinski definition) is 0. The van der Waals surface area contributed by atoms with Crippen LogP contribution in [0.2, 0.25) is 0 Å². The van der Waals surface area contributed by atoms with Crippen molar-refractivity contribution in [2.75, 3.05) is 18.0 Å². The Labute approximate surface area is 215 Å². The van der Waals surface area contributed by atoms with Gasteiger partial charge < -0.3 is 9.47 Å². The van der Waals surface area contributed by atoms with Crippen LogP contribution in [0.4, 0.5) is 10.1 Å². The molecule has 0 amide bonds. The summed E-state index contributed by atoms with van der Waals surface area (Å²) in [5.74, 6) is 0.733. The number of aryl methyl sites for hydroxylation is 1. The summed E-state index contributed by atoms with van der Waals surface area (Å²) in [5.41, 5.74) is 2.76. The molecule has 1 saturated carbocycles. The predicted octanol–water partition coefficient (Wildman–Crippen LogP) is 4.59. The van der Waals surface area contributed by atoms with E-state index in [9.17, 15) is 5.26 Å². The lowest BCUT2D eigenvalue weighted by Crippen LogP contribution is -2.42. The number of alkyl halides is 1. The molecule has 2 fully saturated rings. The Morgan fingerprint density at radius 3 is 2.54 bits per heavy atom. The van der Waals surface area contributed by atoms with Crippen LogP contribution in [0.1, 0.15) is 69.5 Å². The molecule has 1 aliphatic heterocycles. The number of pyridine rings is 2. The molecule has 37 heavy (non-hydrogen) atoms. The minimum atomic E-state index is -1.56. The Balaban J connectivity index is 1.42. The van der Waals surface area contributed by atoms with Crippen LogP contribution in [-0.4, -0.2) is 47.6 Å². The molecule has 4 aromatic heterocycles. The summed E-state index contributed by atoms with van der Waals surface area (Å²) < 4.78 is 19.5. The molecule has 1 aliphatic carbocycles. The second-order valence-electron chi connectivity index (χ2n) is 11.3. The molecule has 10 heteroatoms. The molecule has 2 aliphatic rings. The monoisotopic (exact) mass is 499 g/mol. The number of anilines is 1. The topological polar surface area (TPSA) is 101 Å². The summed E-state index contributed by atoms with van der Waals surface area (Å²) in [4.78, 5) is 11.8. The molecule has 0 N–H and O–H groups in total. The average molecular weight is 500 g/mol. The third kappa shape index (κ3) is 4.12. The average Bonchev–Trinajstić information content (AvgIpc) is 3.48. The molecule has 0 bridgehead atoms. The standard InChI is InChI=1S/C27H30FN9/c1-26(2,3)37-15-20-11-19(14-30-24(20)34-37)22-23(18(13-29)12-21(32-22)17-5-6-17)36-9-7-27(28,8-10-36)25-33-31-16-35(25)4/h11-12,14-17H,5-10H2,1-4H3. The molecular formula is C27H30FN9. The zero-order valence-electron chi connectivity index (χ0n) is 21.6. The van der Waals surface area contributed by atoms with Crippen LogP contribution in [0.15, 0.2) is 30.9 Å². The first-order valence-corrected chi connectivity index (χ1v) is 12.8. The van der Waals surface area contributed by atoms with Gasteiger partial charge in [0, 0.05) is 67.9 Å². The molecule has 6 rings (SSSR count). The van der Waals surface area contributed by atoms with E-state index in [4.69, 9.17) is 4.98 Å². The molecule has 0 radical (unpaired) electrons. The highest BCUT2D eigenvalue weighted by molar-refractivity contribution is 5.86. The Kier molecular flexibility index (Phi) is 5.30. The van der Waals surface area contributed by atoms with Crippen molar-refractivity contribution in [2.24, 2.45) is 7.05 Å². The SMILES string of the molecule is Cn1cnnc1C1(F)CCN(c2c(C#N)cc(C3CC3)nc2-c2cnc3nn(C(C)(C)C)cc3c2)CC1. The van der Waals surface area contributed by atoms with Crippen LogP contribution < -0.4 is 4.90 Å². The van der Waals surface area contributed by atoms with E-state index in [-0.39, 0.29) is 18.4 Å². The molecule has 0 unspecified atom stereocenters. The first-order chi connectivity index (χ1) is 17.7. The summed E-state index contributed by atoms with van der Waals surface area (Å²) in [7, 11) is 1.76. The second-order valence-corrected chi connectivity index (χ2v) is 11.3. The number of piperidine rings is 1. The van der Waals surface area contributed by atoms with E-state index in [1.54, 1.807) is 17.8 Å². The Morgan fingerprint density at radius 2 is 1.92 bits per heavy atom. The van der Waals surface area contributed by atoms with E-state index in [1.165, 1.54) is 6.33 Å². The minimum Gasteiger partial charge on any atom is -0.368 e. The van der Waals surface area contributed by atoms with Crippen LogP contribution in [0.3, 0.4) is 0 Å². The summed E-state index contributed by atoms with van der Waals surface area (Å²) >= 11 is 0. The maximum atomic E-state index is 15.9. The van der Waals surface area contributed by atoms with Gasteiger partial charge in [-0.15, -0.1) is 10.2 Å². The normalized spacial score (nSPS) is 17.8. The van der Waals surface area contributed by atoms with Crippen molar-refractivity contribution >= 4 is 16.7 Å². The molecule has 0 atom stereocenters. The Morgan fingerprint density at radius 1 is 1.16 bits per heavy atom. The van der Waals surface area contributed by atoms with Gasteiger partial charge in [-0.1, -0.05) is 0 Å². The Hall–Kier alpha value is -3.87. The largest absolute Gasteiger partial charge is 0.368 e. The molecule has 9 nitrogen and oxygen atoms in total. The zero-order valence-corrected chi connectivity index (χ0v) is 21.6. The molecule has 5 heterocycles. The van der Waals surface area contributed by atoms with Gasteiger partial charge in [0.1, 0.15) is 12.4 Å². The van der Waals surface area contributed by atoms with Crippen molar-refractivity contribution in [3.63, 3.8) is 0 Å². The molecular weight excluding hydrogens is 469 g/mol. The van der Waals surface area contributed by atoms with Gasteiger partial charge >= 0.3 is 0 Å². The smallest absolute Gasteiger partial charge is 0.181 e. The van der Waals surface area contributed by atoms with Crippen molar-refractivity contribution in [1.29, 1.82) is 5.26 Å². The third-order valence-corrected chi connectivity index (χ3v) is 7.43. The number of halogens is 1. The fourth-order valence-corrected chi connectivity index (χ4v) is 5.14. The van der Waals surface area contributed by atoms with Crippen LogP contribution >= 0.6 is 0 Å². The van der Waals surface area contributed by atoms with Gasteiger partial charge in [-0.25, -0.2) is 9.37 Å². The summed E-state index contributed by atoms with van der Waals surface area (Å²) in [6.07, 6.45) is 7.99. The number of nitrogens with zero attached hydrogens (tertiary/aromatic N) is 9. The van der Waals surface area contributed by atoms with E-state index in [1.807, 2.05) is 23.0 Å². The van der Waals surface area contributed by atoms with Gasteiger partial charge in [-0.2, -0.15) is 10.4 Å². The number of aromatic nitrogens is 7.